The number of benzene rings is 1. The van der Waals surface area contributed by atoms with E-state index in [0.29, 0.717) is 17.0 Å². The van der Waals surface area contributed by atoms with Gasteiger partial charge in [0.2, 0.25) is 0 Å². The number of hydrogen-bond donors (Lipinski definition) is 1. The molecule has 1 aromatic rings. The highest BCUT2D eigenvalue weighted by Gasteiger charge is 2.34. The summed E-state index contributed by atoms with van der Waals surface area (Å²) in [7, 11) is 0. The lowest BCUT2D eigenvalue weighted by Crippen LogP contribution is -2.31. The summed E-state index contributed by atoms with van der Waals surface area (Å²) in [6, 6.07) is 8.54. The van der Waals surface area contributed by atoms with E-state index in [4.69, 9.17) is 5.26 Å². The third-order valence-corrected chi connectivity index (χ3v) is 4.18. The predicted molar refractivity (Wildman–Crippen MR) is 73.9 cm³/mol. The van der Waals surface area contributed by atoms with Gasteiger partial charge in [-0.2, -0.15) is 5.26 Å². The lowest BCUT2D eigenvalue weighted by Gasteiger charge is -2.29. The molecule has 2 rings (SSSR count). The Morgan fingerprint density at radius 1 is 1.47 bits per heavy atom. The van der Waals surface area contributed by atoms with Gasteiger partial charge in [0.25, 0.3) is 0 Å². The van der Waals surface area contributed by atoms with Crippen molar-refractivity contribution in [2.75, 3.05) is 5.32 Å². The molecule has 1 aromatic carbocycles. The predicted octanol–water partition coefficient (Wildman–Crippen LogP) is 4.31. The number of rotatable bonds is 2. The van der Waals surface area contributed by atoms with Gasteiger partial charge in [0.05, 0.1) is 11.3 Å². The minimum absolute atomic E-state index is 0.319. The zero-order chi connectivity index (χ0) is 12.5. The highest BCUT2D eigenvalue weighted by molar-refractivity contribution is 9.10. The van der Waals surface area contributed by atoms with Crippen molar-refractivity contribution in [3.8, 4) is 6.07 Å². The number of nitrogens with one attached hydrogen (secondary N) is 1. The molecule has 1 N–H and O–H groups in total. The minimum Gasteiger partial charge on any atom is -0.381 e. The van der Waals surface area contributed by atoms with Crippen molar-refractivity contribution >= 4 is 21.6 Å². The first-order valence-electron chi connectivity index (χ1n) is 5.99. The summed E-state index contributed by atoms with van der Waals surface area (Å²) >= 11 is 3.39. The van der Waals surface area contributed by atoms with Gasteiger partial charge < -0.3 is 5.32 Å². The molecule has 0 heterocycles. The third kappa shape index (κ3) is 2.63. The zero-order valence-electron chi connectivity index (χ0n) is 10.3. The van der Waals surface area contributed by atoms with Gasteiger partial charge in [-0.25, -0.2) is 0 Å². The Kier molecular flexibility index (Phi) is 3.44. The van der Waals surface area contributed by atoms with Gasteiger partial charge in [-0.1, -0.05) is 36.2 Å². The molecule has 1 atom stereocenters. The van der Waals surface area contributed by atoms with Gasteiger partial charge in [0.1, 0.15) is 6.07 Å². The first kappa shape index (κ1) is 12.4. The van der Waals surface area contributed by atoms with Crippen LogP contribution < -0.4 is 5.32 Å². The van der Waals surface area contributed by atoms with Crippen molar-refractivity contribution < 1.29 is 0 Å². The molecule has 1 aliphatic carbocycles. The Morgan fingerprint density at radius 3 is 2.82 bits per heavy atom. The molecule has 0 amide bonds. The SMILES string of the molecule is CC1(C)CCCC1Nc1ccc(Br)cc1C#N. The molecule has 0 bridgehead atoms. The summed E-state index contributed by atoms with van der Waals surface area (Å²) in [5, 5.41) is 12.7. The number of anilines is 1. The van der Waals surface area contributed by atoms with Crippen molar-refractivity contribution in [1.29, 1.82) is 5.26 Å². The maximum absolute atomic E-state index is 9.14. The van der Waals surface area contributed by atoms with E-state index in [0.717, 1.165) is 10.2 Å². The number of hydrogen-bond acceptors (Lipinski definition) is 2. The van der Waals surface area contributed by atoms with Crippen LogP contribution in [0.2, 0.25) is 0 Å². The number of nitriles is 1. The molecule has 3 heteroatoms. The largest absolute Gasteiger partial charge is 0.381 e. The van der Waals surface area contributed by atoms with Gasteiger partial charge in [0, 0.05) is 10.5 Å². The highest BCUT2D eigenvalue weighted by atomic mass is 79.9. The fourth-order valence-electron chi connectivity index (χ4n) is 2.52. The van der Waals surface area contributed by atoms with Gasteiger partial charge in [-0.3, -0.25) is 0 Å². The average molecular weight is 293 g/mol. The normalized spacial score (nSPS) is 22.1. The fourth-order valence-corrected chi connectivity index (χ4v) is 2.88. The molecular weight excluding hydrogens is 276 g/mol. The van der Waals surface area contributed by atoms with Gasteiger partial charge >= 0.3 is 0 Å². The summed E-state index contributed by atoms with van der Waals surface area (Å²) in [6.45, 7) is 4.59. The lowest BCUT2D eigenvalue weighted by atomic mass is 9.87. The molecule has 2 nitrogen and oxygen atoms in total. The fraction of sp³-hybridized carbons (Fsp3) is 0.500. The third-order valence-electron chi connectivity index (χ3n) is 3.69. The van der Waals surface area contributed by atoms with Crippen LogP contribution in [0.25, 0.3) is 0 Å². The van der Waals surface area contributed by atoms with Crippen LogP contribution in [0.1, 0.15) is 38.7 Å². The maximum Gasteiger partial charge on any atom is 0.101 e. The second kappa shape index (κ2) is 4.70. The smallest absolute Gasteiger partial charge is 0.101 e. The van der Waals surface area contributed by atoms with E-state index < -0.39 is 0 Å². The van der Waals surface area contributed by atoms with E-state index in [-0.39, 0.29) is 0 Å². The van der Waals surface area contributed by atoms with Crippen molar-refractivity contribution in [2.24, 2.45) is 5.41 Å². The Labute approximate surface area is 111 Å². The number of halogens is 1. The first-order valence-corrected chi connectivity index (χ1v) is 6.78. The molecule has 0 saturated heterocycles. The van der Waals surface area contributed by atoms with Crippen LogP contribution in [0.3, 0.4) is 0 Å². The summed E-state index contributed by atoms with van der Waals surface area (Å²) < 4.78 is 0.949. The number of nitrogens with zero attached hydrogens (tertiary/aromatic N) is 1. The quantitative estimate of drug-likeness (QED) is 0.882. The zero-order valence-corrected chi connectivity index (χ0v) is 11.8. The van der Waals surface area contributed by atoms with Crippen molar-refractivity contribution in [1.82, 2.24) is 0 Å². The first-order chi connectivity index (χ1) is 8.03. The van der Waals surface area contributed by atoms with E-state index in [1.165, 1.54) is 19.3 Å². The van der Waals surface area contributed by atoms with Crippen molar-refractivity contribution in [3.63, 3.8) is 0 Å². The molecule has 0 aliphatic heterocycles. The maximum atomic E-state index is 9.14. The topological polar surface area (TPSA) is 35.8 Å². The second-order valence-corrected chi connectivity index (χ2v) is 6.30. The van der Waals surface area contributed by atoms with Crippen LogP contribution in [0.4, 0.5) is 5.69 Å². The van der Waals surface area contributed by atoms with Gasteiger partial charge in [0.15, 0.2) is 0 Å². The Morgan fingerprint density at radius 2 is 2.24 bits per heavy atom. The average Bonchev–Trinajstić information content (AvgIpc) is 2.61. The lowest BCUT2D eigenvalue weighted by molar-refractivity contribution is 0.350. The van der Waals surface area contributed by atoms with Crippen LogP contribution in [0.5, 0.6) is 0 Å². The van der Waals surface area contributed by atoms with E-state index in [1.54, 1.807) is 0 Å². The highest BCUT2D eigenvalue weighted by Crippen LogP contribution is 2.39. The minimum atomic E-state index is 0.319. The van der Waals surface area contributed by atoms with Gasteiger partial charge in [-0.05, 0) is 36.5 Å². The molecule has 1 aliphatic rings. The summed E-state index contributed by atoms with van der Waals surface area (Å²) in [4.78, 5) is 0. The molecule has 90 valence electrons. The summed E-state index contributed by atoms with van der Waals surface area (Å²) in [5.74, 6) is 0. The monoisotopic (exact) mass is 292 g/mol. The molecule has 0 aromatic heterocycles. The Hall–Kier alpha value is -1.01. The van der Waals surface area contributed by atoms with Crippen molar-refractivity contribution in [3.05, 3.63) is 28.2 Å². The van der Waals surface area contributed by atoms with Crippen LogP contribution in [-0.2, 0) is 0 Å². The molecule has 1 saturated carbocycles. The van der Waals surface area contributed by atoms with E-state index in [2.05, 4.69) is 41.2 Å². The van der Waals surface area contributed by atoms with Crippen LogP contribution >= 0.6 is 15.9 Å². The Bertz CT molecular complexity index is 460. The molecule has 17 heavy (non-hydrogen) atoms. The molecule has 1 unspecified atom stereocenters. The van der Waals surface area contributed by atoms with E-state index >= 15 is 0 Å². The molecular formula is C14H17BrN2. The van der Waals surface area contributed by atoms with Crippen LogP contribution in [0, 0.1) is 16.7 Å². The van der Waals surface area contributed by atoms with Crippen molar-refractivity contribution in [2.45, 2.75) is 39.2 Å². The molecule has 0 spiro atoms. The van der Waals surface area contributed by atoms with E-state index in [9.17, 15) is 0 Å². The summed E-state index contributed by atoms with van der Waals surface area (Å²) in [5.41, 5.74) is 1.98. The van der Waals surface area contributed by atoms with Crippen LogP contribution in [-0.4, -0.2) is 6.04 Å². The Balaban J connectivity index is 2.22. The molecule has 0 radical (unpaired) electrons. The van der Waals surface area contributed by atoms with Gasteiger partial charge in [-0.15, -0.1) is 0 Å². The standard InChI is InChI=1S/C14H17BrN2/c1-14(2)7-3-4-13(14)17-12-6-5-11(15)8-10(12)9-16/h5-6,8,13,17H,3-4,7H2,1-2H3. The van der Waals surface area contributed by atoms with E-state index in [1.807, 2.05) is 18.2 Å². The van der Waals surface area contributed by atoms with Crippen LogP contribution in [0.15, 0.2) is 22.7 Å². The summed E-state index contributed by atoms with van der Waals surface area (Å²) in [6.07, 6.45) is 3.71. The second-order valence-electron chi connectivity index (χ2n) is 5.38. The molecule has 1 fully saturated rings.